The minimum atomic E-state index is -3.58. The number of aromatic nitrogens is 1. The van der Waals surface area contributed by atoms with Crippen LogP contribution in [0.3, 0.4) is 0 Å². The molecule has 0 radical (unpaired) electrons. The number of ether oxygens (including phenoxy) is 1. The van der Waals surface area contributed by atoms with Gasteiger partial charge in [-0.25, -0.2) is 8.42 Å². The molecule has 8 heteroatoms. The minimum Gasteiger partial charge on any atom is -0.497 e. The molecule has 0 atom stereocenters. The molecule has 1 amide bonds. The number of carbonyl (C=O) groups excluding carboxylic acids is 1. The highest BCUT2D eigenvalue weighted by molar-refractivity contribution is 7.88. The van der Waals surface area contributed by atoms with Crippen LogP contribution in [0.4, 0.5) is 5.69 Å². The van der Waals surface area contributed by atoms with Gasteiger partial charge in [0.05, 0.1) is 31.1 Å². The Balaban J connectivity index is 1.76. The standard InChI is InChI=1S/C20H21N3O4S/c1-27-17-10-8-15(9-11-17)13-23(28(2,25)26)14-19(24)22-18-7-3-5-16-6-4-12-21-20(16)18/h3-12H,13-14H2,1-2H3,(H,22,24). The Labute approximate surface area is 164 Å². The first-order valence-electron chi connectivity index (χ1n) is 8.58. The number of fused-ring (bicyclic) bond motifs is 1. The Bertz CT molecular complexity index is 1080. The summed E-state index contributed by atoms with van der Waals surface area (Å²) in [5, 5.41) is 3.65. The van der Waals surface area contributed by atoms with Crippen LogP contribution in [0, 0.1) is 0 Å². The number of amides is 1. The fraction of sp³-hybridized carbons (Fsp3) is 0.200. The Morgan fingerprint density at radius 1 is 1.11 bits per heavy atom. The number of pyridine rings is 1. The highest BCUT2D eigenvalue weighted by Crippen LogP contribution is 2.21. The number of hydrogen-bond donors (Lipinski definition) is 1. The van der Waals surface area contributed by atoms with E-state index < -0.39 is 15.9 Å². The fourth-order valence-corrected chi connectivity index (χ4v) is 3.52. The van der Waals surface area contributed by atoms with E-state index >= 15 is 0 Å². The predicted molar refractivity (Wildman–Crippen MR) is 109 cm³/mol. The zero-order chi connectivity index (χ0) is 20.1. The lowest BCUT2D eigenvalue weighted by atomic mass is 10.2. The summed E-state index contributed by atoms with van der Waals surface area (Å²) in [4.78, 5) is 16.8. The maximum atomic E-state index is 12.5. The number of nitrogens with one attached hydrogen (secondary N) is 1. The van der Waals surface area contributed by atoms with E-state index in [4.69, 9.17) is 4.74 Å². The number of sulfonamides is 1. The quantitative estimate of drug-likeness (QED) is 0.660. The number of nitrogens with zero attached hydrogens (tertiary/aromatic N) is 2. The van der Waals surface area contributed by atoms with Crippen molar-refractivity contribution in [2.24, 2.45) is 0 Å². The van der Waals surface area contributed by atoms with Crippen molar-refractivity contribution >= 4 is 32.5 Å². The van der Waals surface area contributed by atoms with E-state index in [-0.39, 0.29) is 13.1 Å². The van der Waals surface area contributed by atoms with Crippen LogP contribution in [-0.4, -0.2) is 43.5 Å². The van der Waals surface area contributed by atoms with Crippen molar-refractivity contribution < 1.29 is 17.9 Å². The molecule has 1 N–H and O–H groups in total. The maximum absolute atomic E-state index is 12.5. The van der Waals surface area contributed by atoms with Gasteiger partial charge in [-0.05, 0) is 29.8 Å². The highest BCUT2D eigenvalue weighted by Gasteiger charge is 2.21. The van der Waals surface area contributed by atoms with Crippen LogP contribution in [0.25, 0.3) is 10.9 Å². The molecule has 0 aliphatic rings. The number of para-hydroxylation sites is 1. The Morgan fingerprint density at radius 2 is 1.82 bits per heavy atom. The van der Waals surface area contributed by atoms with Gasteiger partial charge in [-0.2, -0.15) is 4.31 Å². The summed E-state index contributed by atoms with van der Waals surface area (Å²) in [7, 11) is -2.02. The highest BCUT2D eigenvalue weighted by atomic mass is 32.2. The van der Waals surface area contributed by atoms with Crippen molar-refractivity contribution in [1.29, 1.82) is 0 Å². The average molecular weight is 399 g/mol. The smallest absolute Gasteiger partial charge is 0.239 e. The summed E-state index contributed by atoms with van der Waals surface area (Å²) in [6.07, 6.45) is 2.73. The molecule has 0 bridgehead atoms. The molecule has 0 unspecified atom stereocenters. The van der Waals surface area contributed by atoms with Crippen LogP contribution in [0.2, 0.25) is 0 Å². The van der Waals surface area contributed by atoms with Crippen molar-refractivity contribution in [3.8, 4) is 5.75 Å². The van der Waals surface area contributed by atoms with E-state index in [2.05, 4.69) is 10.3 Å². The van der Waals surface area contributed by atoms with Crippen LogP contribution >= 0.6 is 0 Å². The molecule has 0 saturated carbocycles. The van der Waals surface area contributed by atoms with Crippen LogP contribution in [0.1, 0.15) is 5.56 Å². The number of rotatable bonds is 7. The molecule has 0 aliphatic heterocycles. The lowest BCUT2D eigenvalue weighted by Crippen LogP contribution is -2.36. The summed E-state index contributed by atoms with van der Waals surface area (Å²) < 4.78 is 30.6. The molecule has 3 aromatic rings. The molecule has 28 heavy (non-hydrogen) atoms. The molecule has 146 valence electrons. The van der Waals surface area contributed by atoms with E-state index in [9.17, 15) is 13.2 Å². The second kappa shape index (κ2) is 8.37. The number of hydrogen-bond acceptors (Lipinski definition) is 5. The summed E-state index contributed by atoms with van der Waals surface area (Å²) in [5.41, 5.74) is 1.95. The SMILES string of the molecule is COc1ccc(CN(CC(=O)Nc2cccc3cccnc23)S(C)(=O)=O)cc1. The molecule has 0 fully saturated rings. The van der Waals surface area contributed by atoms with Crippen molar-refractivity contribution in [3.63, 3.8) is 0 Å². The van der Waals surface area contributed by atoms with Gasteiger partial charge < -0.3 is 10.1 Å². The average Bonchev–Trinajstić information content (AvgIpc) is 2.67. The third-order valence-corrected chi connectivity index (χ3v) is 5.41. The number of methoxy groups -OCH3 is 1. The summed E-state index contributed by atoms with van der Waals surface area (Å²) in [5.74, 6) is 0.243. The fourth-order valence-electron chi connectivity index (χ4n) is 2.78. The van der Waals surface area contributed by atoms with Gasteiger partial charge in [0.15, 0.2) is 0 Å². The van der Waals surface area contributed by atoms with Crippen LogP contribution in [0.5, 0.6) is 5.75 Å². The third kappa shape index (κ3) is 4.85. The monoisotopic (exact) mass is 399 g/mol. The van der Waals surface area contributed by atoms with E-state index in [0.717, 1.165) is 21.5 Å². The molecule has 2 aromatic carbocycles. The first kappa shape index (κ1) is 19.8. The van der Waals surface area contributed by atoms with Gasteiger partial charge in [-0.1, -0.05) is 30.3 Å². The summed E-state index contributed by atoms with van der Waals surface area (Å²) in [6, 6.07) is 16.2. The normalized spacial score (nSPS) is 11.5. The molecule has 0 saturated heterocycles. The largest absolute Gasteiger partial charge is 0.497 e. The molecule has 1 heterocycles. The molecule has 3 rings (SSSR count). The molecule has 0 spiro atoms. The first-order chi connectivity index (χ1) is 13.4. The van der Waals surface area contributed by atoms with E-state index in [1.165, 1.54) is 0 Å². The predicted octanol–water partition coefficient (Wildman–Crippen LogP) is 2.64. The zero-order valence-electron chi connectivity index (χ0n) is 15.6. The Kier molecular flexibility index (Phi) is 5.91. The van der Waals surface area contributed by atoms with Gasteiger partial charge in [0.2, 0.25) is 15.9 Å². The maximum Gasteiger partial charge on any atom is 0.239 e. The minimum absolute atomic E-state index is 0.0873. The third-order valence-electron chi connectivity index (χ3n) is 4.21. The van der Waals surface area contributed by atoms with Crippen molar-refractivity contribution in [2.45, 2.75) is 6.54 Å². The lowest BCUT2D eigenvalue weighted by molar-refractivity contribution is -0.116. The van der Waals surface area contributed by atoms with Gasteiger partial charge in [0, 0.05) is 18.1 Å². The van der Waals surface area contributed by atoms with E-state index in [1.54, 1.807) is 43.6 Å². The van der Waals surface area contributed by atoms with Crippen molar-refractivity contribution in [1.82, 2.24) is 9.29 Å². The van der Waals surface area contributed by atoms with Crippen molar-refractivity contribution in [2.75, 3.05) is 25.2 Å². The summed E-state index contributed by atoms with van der Waals surface area (Å²) >= 11 is 0. The van der Waals surface area contributed by atoms with E-state index in [0.29, 0.717) is 17.0 Å². The zero-order valence-corrected chi connectivity index (χ0v) is 16.4. The van der Waals surface area contributed by atoms with Gasteiger partial charge in [-0.3, -0.25) is 9.78 Å². The number of benzene rings is 2. The first-order valence-corrected chi connectivity index (χ1v) is 10.4. The molecular weight excluding hydrogens is 378 g/mol. The Hall–Kier alpha value is -2.97. The molecule has 7 nitrogen and oxygen atoms in total. The number of anilines is 1. The van der Waals surface area contributed by atoms with Gasteiger partial charge in [-0.15, -0.1) is 0 Å². The van der Waals surface area contributed by atoms with Crippen LogP contribution in [-0.2, 0) is 21.4 Å². The van der Waals surface area contributed by atoms with Gasteiger partial charge in [0.25, 0.3) is 0 Å². The van der Waals surface area contributed by atoms with Crippen LogP contribution < -0.4 is 10.1 Å². The van der Waals surface area contributed by atoms with Crippen molar-refractivity contribution in [3.05, 3.63) is 66.4 Å². The topological polar surface area (TPSA) is 88.6 Å². The van der Waals surface area contributed by atoms with Gasteiger partial charge >= 0.3 is 0 Å². The molecular formula is C20H21N3O4S. The molecule has 0 aliphatic carbocycles. The molecule has 1 aromatic heterocycles. The van der Waals surface area contributed by atoms with E-state index in [1.807, 2.05) is 24.3 Å². The lowest BCUT2D eigenvalue weighted by Gasteiger charge is -2.20. The summed E-state index contributed by atoms with van der Waals surface area (Å²) in [6.45, 7) is -0.210. The Morgan fingerprint density at radius 3 is 2.50 bits per heavy atom. The number of carbonyl (C=O) groups is 1. The second-order valence-corrected chi connectivity index (χ2v) is 8.29. The van der Waals surface area contributed by atoms with Gasteiger partial charge in [0.1, 0.15) is 5.75 Å². The van der Waals surface area contributed by atoms with Crippen LogP contribution in [0.15, 0.2) is 60.8 Å². The second-order valence-electron chi connectivity index (χ2n) is 6.31.